The third-order valence-electron chi connectivity index (χ3n) is 7.86. The van der Waals surface area contributed by atoms with Gasteiger partial charge in [-0.1, -0.05) is 44.6 Å². The maximum absolute atomic E-state index is 13.3. The molecule has 1 saturated heterocycles. The summed E-state index contributed by atoms with van der Waals surface area (Å²) >= 11 is 0. The van der Waals surface area contributed by atoms with Crippen LogP contribution in [0.1, 0.15) is 77.3 Å². The number of rotatable bonds is 1. The van der Waals surface area contributed by atoms with Gasteiger partial charge < -0.3 is 19.5 Å². The highest BCUT2D eigenvalue weighted by atomic mass is 16.6. The first-order valence-electron chi connectivity index (χ1n) is 13.3. The Kier molecular flexibility index (Phi) is 9.11. The Hall–Kier alpha value is -2.80. The lowest BCUT2D eigenvalue weighted by Crippen LogP contribution is -2.57. The predicted octanol–water partition coefficient (Wildman–Crippen LogP) is 5.82. The fraction of sp³-hybridized carbons (Fsp3) is 0.600. The monoisotopic (exact) mass is 512 g/mol. The fourth-order valence-electron chi connectivity index (χ4n) is 5.18. The summed E-state index contributed by atoms with van der Waals surface area (Å²) in [6.45, 7) is 10.5. The molecule has 3 rings (SSSR count). The van der Waals surface area contributed by atoms with Gasteiger partial charge in [0.15, 0.2) is 0 Å². The van der Waals surface area contributed by atoms with Crippen molar-refractivity contribution >= 4 is 17.7 Å². The largest absolute Gasteiger partial charge is 0.496 e. The summed E-state index contributed by atoms with van der Waals surface area (Å²) in [4.78, 5) is 27.3. The van der Waals surface area contributed by atoms with Gasteiger partial charge in [0.2, 0.25) is 5.91 Å². The lowest BCUT2D eigenvalue weighted by Gasteiger charge is -2.39. The number of aliphatic hydroxyl groups is 1. The lowest BCUT2D eigenvalue weighted by molar-refractivity contribution is -0.119. The summed E-state index contributed by atoms with van der Waals surface area (Å²) in [6.07, 6.45) is 9.10. The first-order valence-corrected chi connectivity index (χ1v) is 13.3. The molecule has 0 saturated carbocycles. The van der Waals surface area contributed by atoms with Gasteiger partial charge in [-0.2, -0.15) is 0 Å². The van der Waals surface area contributed by atoms with Crippen LogP contribution in [0.15, 0.2) is 35.9 Å². The van der Waals surface area contributed by atoms with Crippen molar-refractivity contribution in [2.75, 3.05) is 19.1 Å². The number of nitrogens with one attached hydrogen (secondary N) is 1. The number of amides is 2. The molecule has 1 unspecified atom stereocenters. The van der Waals surface area contributed by atoms with Crippen molar-refractivity contribution in [1.82, 2.24) is 5.32 Å². The Bertz CT molecular complexity index is 1060. The van der Waals surface area contributed by atoms with E-state index in [4.69, 9.17) is 9.47 Å². The molecule has 7 heteroatoms. The third kappa shape index (κ3) is 7.60. The van der Waals surface area contributed by atoms with E-state index in [0.29, 0.717) is 25.7 Å². The zero-order valence-corrected chi connectivity index (χ0v) is 23.5. The molecule has 2 aliphatic heterocycles. The minimum absolute atomic E-state index is 0.0575. The lowest BCUT2D eigenvalue weighted by atomic mass is 9.79. The van der Waals surface area contributed by atoms with Crippen molar-refractivity contribution in [2.24, 2.45) is 11.3 Å². The molecule has 2 N–H and O–H groups in total. The summed E-state index contributed by atoms with van der Waals surface area (Å²) in [6, 6.07) is 4.09. The summed E-state index contributed by atoms with van der Waals surface area (Å²) in [5, 5.41) is 13.7. The second-order valence-electron chi connectivity index (χ2n) is 11.7. The van der Waals surface area contributed by atoms with Crippen LogP contribution in [0.4, 0.5) is 10.5 Å². The van der Waals surface area contributed by atoms with E-state index < -0.39 is 11.8 Å². The molecular formula is C30H44N2O5. The summed E-state index contributed by atoms with van der Waals surface area (Å²) in [5.74, 6) is 0.925. The van der Waals surface area contributed by atoms with E-state index in [2.05, 4.69) is 32.2 Å². The van der Waals surface area contributed by atoms with Crippen molar-refractivity contribution in [3.8, 4) is 5.75 Å². The SMILES string of the molecule is COc1cc2cc(c1C)N(C)C(=O)CCC(C)(C)CC[C@H](C)C1C[C@](O)(C/C=C/C=C(\C)C2)NC(=O)O1. The molecule has 37 heavy (non-hydrogen) atoms. The van der Waals surface area contributed by atoms with Gasteiger partial charge in [-0.3, -0.25) is 10.1 Å². The second kappa shape index (κ2) is 11.7. The standard InChI is InChI=1S/C30H44N2O5/c1-20-10-8-9-13-30(35)19-26(37-28(34)31-30)21(2)11-14-29(4,5)15-12-27(33)32(6)24-17-23(16-20)18-25(36-7)22(24)3/h8-10,17-18,21,26,35H,11-16,19H2,1-7H3,(H,31,34)/b9-8+,20-10+/t21-,26?,30+/m0/s1. The van der Waals surface area contributed by atoms with Gasteiger partial charge >= 0.3 is 6.09 Å². The van der Waals surface area contributed by atoms with E-state index >= 15 is 0 Å². The number of hydrogen-bond acceptors (Lipinski definition) is 5. The number of hydrogen-bond donors (Lipinski definition) is 2. The van der Waals surface area contributed by atoms with Gasteiger partial charge in [0, 0.05) is 31.9 Å². The number of allylic oxidation sites excluding steroid dienone is 3. The van der Waals surface area contributed by atoms with E-state index in [1.54, 1.807) is 12.0 Å². The molecule has 2 aliphatic rings. The first-order chi connectivity index (χ1) is 17.3. The zero-order chi connectivity index (χ0) is 27.4. The molecule has 3 atom stereocenters. The van der Waals surface area contributed by atoms with Crippen LogP contribution in [0.3, 0.4) is 0 Å². The second-order valence-corrected chi connectivity index (χ2v) is 11.7. The molecule has 204 valence electrons. The summed E-state index contributed by atoms with van der Waals surface area (Å²) < 4.78 is 11.2. The number of carbonyl (C=O) groups is 2. The van der Waals surface area contributed by atoms with Gasteiger partial charge in [-0.25, -0.2) is 4.79 Å². The first kappa shape index (κ1) is 28.8. The highest BCUT2D eigenvalue weighted by Gasteiger charge is 2.40. The summed E-state index contributed by atoms with van der Waals surface area (Å²) in [5.41, 5.74) is 2.60. The topological polar surface area (TPSA) is 88.1 Å². The van der Waals surface area contributed by atoms with Crippen LogP contribution in [0.25, 0.3) is 0 Å². The summed E-state index contributed by atoms with van der Waals surface area (Å²) in [7, 11) is 3.49. The molecule has 0 aliphatic carbocycles. The molecular weight excluding hydrogens is 468 g/mol. The molecule has 1 fully saturated rings. The van der Waals surface area contributed by atoms with Gasteiger partial charge in [-0.05, 0) is 68.6 Å². The fourth-order valence-corrected chi connectivity index (χ4v) is 5.18. The average molecular weight is 513 g/mol. The molecule has 0 radical (unpaired) electrons. The minimum Gasteiger partial charge on any atom is -0.496 e. The Morgan fingerprint density at radius 3 is 2.62 bits per heavy atom. The van der Waals surface area contributed by atoms with Crippen molar-refractivity contribution in [3.63, 3.8) is 0 Å². The molecule has 2 amide bonds. The van der Waals surface area contributed by atoms with Crippen LogP contribution >= 0.6 is 0 Å². The number of alkyl carbamates (subject to hydrolysis) is 1. The van der Waals surface area contributed by atoms with Crippen LogP contribution in [-0.4, -0.2) is 43.1 Å². The quantitative estimate of drug-likeness (QED) is 0.495. The van der Waals surface area contributed by atoms with E-state index in [1.165, 1.54) is 0 Å². The third-order valence-corrected chi connectivity index (χ3v) is 7.86. The zero-order valence-electron chi connectivity index (χ0n) is 23.5. The number of ether oxygens (including phenoxy) is 2. The smallest absolute Gasteiger partial charge is 0.409 e. The highest BCUT2D eigenvalue weighted by molar-refractivity contribution is 5.94. The Morgan fingerprint density at radius 1 is 1.19 bits per heavy atom. The van der Waals surface area contributed by atoms with Crippen molar-refractivity contribution in [3.05, 3.63) is 47.1 Å². The maximum Gasteiger partial charge on any atom is 0.409 e. The van der Waals surface area contributed by atoms with E-state index in [1.807, 2.05) is 45.2 Å². The molecule has 0 aromatic heterocycles. The van der Waals surface area contributed by atoms with Crippen molar-refractivity contribution in [2.45, 2.75) is 91.4 Å². The van der Waals surface area contributed by atoms with Crippen LogP contribution < -0.4 is 15.0 Å². The maximum atomic E-state index is 13.3. The number of carbonyl (C=O) groups excluding carboxylic acids is 2. The van der Waals surface area contributed by atoms with Crippen LogP contribution in [0.2, 0.25) is 0 Å². The van der Waals surface area contributed by atoms with Crippen molar-refractivity contribution in [1.29, 1.82) is 0 Å². The predicted molar refractivity (Wildman–Crippen MR) is 147 cm³/mol. The Balaban J connectivity index is 1.94. The average Bonchev–Trinajstić information content (AvgIpc) is 2.83. The number of anilines is 1. The van der Waals surface area contributed by atoms with E-state index in [-0.39, 0.29) is 23.3 Å². The normalized spacial score (nSPS) is 29.8. The highest BCUT2D eigenvalue weighted by Crippen LogP contribution is 2.36. The number of nitrogens with zero attached hydrogens (tertiary/aromatic N) is 1. The molecule has 4 bridgehead atoms. The van der Waals surface area contributed by atoms with Gasteiger partial charge in [0.25, 0.3) is 0 Å². The van der Waals surface area contributed by atoms with Crippen molar-refractivity contribution < 1.29 is 24.2 Å². The molecule has 7 nitrogen and oxygen atoms in total. The Labute approximate surface area is 221 Å². The van der Waals surface area contributed by atoms with Crippen LogP contribution in [-0.2, 0) is 16.0 Å². The van der Waals surface area contributed by atoms with Gasteiger partial charge in [0.1, 0.15) is 17.6 Å². The van der Waals surface area contributed by atoms with E-state index in [9.17, 15) is 14.7 Å². The minimum atomic E-state index is -1.33. The van der Waals surface area contributed by atoms with Gasteiger partial charge in [-0.15, -0.1) is 0 Å². The molecule has 1 aromatic rings. The Morgan fingerprint density at radius 2 is 1.92 bits per heavy atom. The molecule has 0 spiro atoms. The number of methoxy groups -OCH3 is 1. The number of benzene rings is 1. The molecule has 2 heterocycles. The van der Waals surface area contributed by atoms with E-state index in [0.717, 1.165) is 47.4 Å². The van der Waals surface area contributed by atoms with Crippen LogP contribution in [0.5, 0.6) is 5.75 Å². The van der Waals surface area contributed by atoms with Gasteiger partial charge in [0.05, 0.1) is 12.8 Å². The molecule has 1 aromatic carbocycles. The number of fused-ring (bicyclic) bond motifs is 4. The van der Waals surface area contributed by atoms with Crippen LogP contribution in [0, 0.1) is 18.3 Å².